The molecule has 5 nitrogen and oxygen atoms in total. The van der Waals surface area contributed by atoms with Crippen molar-refractivity contribution in [2.24, 2.45) is 5.92 Å². The summed E-state index contributed by atoms with van der Waals surface area (Å²) in [7, 11) is 1.56. The summed E-state index contributed by atoms with van der Waals surface area (Å²) >= 11 is 2.11. The first kappa shape index (κ1) is 17.3. The van der Waals surface area contributed by atoms with Gasteiger partial charge in [-0.3, -0.25) is 4.79 Å². The normalized spacial score (nSPS) is 21.4. The van der Waals surface area contributed by atoms with Crippen LogP contribution in [0.4, 0.5) is 0 Å². The third kappa shape index (κ3) is 4.25. The summed E-state index contributed by atoms with van der Waals surface area (Å²) in [5, 5.41) is 9.88. The van der Waals surface area contributed by atoms with Crippen molar-refractivity contribution in [1.29, 1.82) is 0 Å². The van der Waals surface area contributed by atoms with Crippen molar-refractivity contribution in [1.82, 2.24) is 0 Å². The quantitative estimate of drug-likeness (QED) is 0.558. The minimum Gasteiger partial charge on any atom is -0.504 e. The third-order valence-corrected chi connectivity index (χ3v) is 4.90. The lowest BCUT2D eigenvalue weighted by molar-refractivity contribution is -0.919. The van der Waals surface area contributed by atoms with Gasteiger partial charge in [-0.15, -0.1) is 0 Å². The largest absolute Gasteiger partial charge is 0.504 e. The van der Waals surface area contributed by atoms with Gasteiger partial charge in [0.25, 0.3) is 0 Å². The number of hydrogen-bond acceptors (Lipinski definition) is 4. The fraction of sp³-hybridized carbons (Fsp3) is 0.562. The number of methoxy groups -OCH3 is 1. The number of quaternary nitrogens is 1. The van der Waals surface area contributed by atoms with Gasteiger partial charge in [-0.1, -0.05) is 0 Å². The lowest BCUT2D eigenvalue weighted by Crippen LogP contribution is -3.11. The molecular weight excluding hydrogens is 397 g/mol. The Hall–Kier alpha value is -1.02. The molecular formula is C16H23INO4+. The fourth-order valence-electron chi connectivity index (χ4n) is 2.87. The van der Waals surface area contributed by atoms with E-state index in [-0.39, 0.29) is 17.6 Å². The molecule has 1 aromatic carbocycles. The molecule has 6 heteroatoms. The number of piperidine rings is 1. The maximum Gasteiger partial charge on any atom is 0.309 e. The van der Waals surface area contributed by atoms with E-state index < -0.39 is 0 Å². The van der Waals surface area contributed by atoms with Gasteiger partial charge in [0, 0.05) is 18.4 Å². The van der Waals surface area contributed by atoms with E-state index in [1.807, 2.05) is 19.1 Å². The number of likely N-dealkylation sites (tertiary alicyclic amines) is 1. The molecule has 1 aliphatic rings. The Morgan fingerprint density at radius 3 is 2.68 bits per heavy atom. The van der Waals surface area contributed by atoms with E-state index in [4.69, 9.17) is 9.47 Å². The van der Waals surface area contributed by atoms with Crippen molar-refractivity contribution in [3.8, 4) is 11.5 Å². The van der Waals surface area contributed by atoms with Gasteiger partial charge in [0.2, 0.25) is 0 Å². The first-order valence-electron chi connectivity index (χ1n) is 7.60. The number of esters is 1. The molecule has 0 bridgehead atoms. The standard InChI is InChI=1S/C16H22INO4/c1-3-22-16(20)12-4-6-18(7-5-12)10-11-8-13(17)15(19)14(9-11)21-2/h8-9,12,19H,3-7,10H2,1-2H3/p+1. The molecule has 2 rings (SSSR count). The maximum absolute atomic E-state index is 11.8. The lowest BCUT2D eigenvalue weighted by atomic mass is 9.96. The second-order valence-corrected chi connectivity index (χ2v) is 6.74. The van der Waals surface area contributed by atoms with E-state index in [9.17, 15) is 9.90 Å². The highest BCUT2D eigenvalue weighted by atomic mass is 127. The average molecular weight is 420 g/mol. The molecule has 0 radical (unpaired) electrons. The number of hydrogen-bond donors (Lipinski definition) is 2. The zero-order valence-corrected chi connectivity index (χ0v) is 15.2. The lowest BCUT2D eigenvalue weighted by Gasteiger charge is -2.28. The molecule has 1 fully saturated rings. The summed E-state index contributed by atoms with van der Waals surface area (Å²) in [6.45, 7) is 5.10. The van der Waals surface area contributed by atoms with Crippen LogP contribution in [0.2, 0.25) is 0 Å². The first-order valence-corrected chi connectivity index (χ1v) is 8.68. The van der Waals surface area contributed by atoms with Gasteiger partial charge in [0.1, 0.15) is 6.54 Å². The Bertz CT molecular complexity index is 527. The molecule has 122 valence electrons. The number of carbonyl (C=O) groups is 1. The van der Waals surface area contributed by atoms with Crippen LogP contribution >= 0.6 is 22.6 Å². The van der Waals surface area contributed by atoms with Crippen LogP contribution in [0.5, 0.6) is 11.5 Å². The van der Waals surface area contributed by atoms with Crippen molar-refractivity contribution < 1.29 is 24.3 Å². The summed E-state index contributed by atoms with van der Waals surface area (Å²) in [6.07, 6.45) is 1.75. The Morgan fingerprint density at radius 1 is 1.41 bits per heavy atom. The fourth-order valence-corrected chi connectivity index (χ4v) is 3.54. The molecule has 0 unspecified atom stereocenters. The molecule has 22 heavy (non-hydrogen) atoms. The molecule has 0 saturated carbocycles. The van der Waals surface area contributed by atoms with Crippen LogP contribution < -0.4 is 9.64 Å². The van der Waals surface area contributed by atoms with Crippen LogP contribution in [-0.2, 0) is 16.1 Å². The average Bonchev–Trinajstić information content (AvgIpc) is 2.51. The van der Waals surface area contributed by atoms with E-state index in [2.05, 4.69) is 22.6 Å². The highest BCUT2D eigenvalue weighted by Gasteiger charge is 2.28. The third-order valence-electron chi connectivity index (χ3n) is 4.07. The van der Waals surface area contributed by atoms with Crippen LogP contribution in [0.1, 0.15) is 25.3 Å². The van der Waals surface area contributed by atoms with Gasteiger partial charge < -0.3 is 19.5 Å². The second-order valence-electron chi connectivity index (χ2n) is 5.58. The Balaban J connectivity index is 1.94. The molecule has 0 atom stereocenters. The maximum atomic E-state index is 11.8. The summed E-state index contributed by atoms with van der Waals surface area (Å²) in [5.41, 5.74) is 1.14. The van der Waals surface area contributed by atoms with E-state index in [0.29, 0.717) is 12.4 Å². The molecule has 1 heterocycles. The number of phenolic OH excluding ortho intramolecular Hbond substituents is 1. The zero-order chi connectivity index (χ0) is 16.1. The number of benzene rings is 1. The first-order chi connectivity index (χ1) is 10.5. The summed E-state index contributed by atoms with van der Waals surface area (Å²) < 4.78 is 11.1. The van der Waals surface area contributed by atoms with Crippen molar-refractivity contribution in [2.75, 3.05) is 26.8 Å². The number of nitrogens with one attached hydrogen (secondary N) is 1. The molecule has 0 spiro atoms. The van der Waals surface area contributed by atoms with E-state index in [1.165, 1.54) is 4.90 Å². The van der Waals surface area contributed by atoms with Crippen molar-refractivity contribution in [2.45, 2.75) is 26.3 Å². The predicted molar refractivity (Wildman–Crippen MR) is 91.1 cm³/mol. The molecule has 0 aliphatic carbocycles. The molecule has 2 N–H and O–H groups in total. The Labute approximate surface area is 144 Å². The SMILES string of the molecule is CCOC(=O)C1CC[NH+](Cc2cc(I)c(O)c(OC)c2)CC1. The van der Waals surface area contributed by atoms with Gasteiger partial charge in [-0.05, 0) is 41.6 Å². The number of ether oxygens (including phenoxy) is 2. The molecule has 1 saturated heterocycles. The second kappa shape index (κ2) is 8.01. The van der Waals surface area contributed by atoms with Crippen LogP contribution in [0.3, 0.4) is 0 Å². The molecule has 0 amide bonds. The number of phenols is 1. The van der Waals surface area contributed by atoms with Crippen LogP contribution in [-0.4, -0.2) is 37.9 Å². The van der Waals surface area contributed by atoms with E-state index >= 15 is 0 Å². The molecule has 1 aliphatic heterocycles. The van der Waals surface area contributed by atoms with Crippen molar-refractivity contribution in [3.63, 3.8) is 0 Å². The number of carbonyl (C=O) groups excluding carboxylic acids is 1. The number of rotatable bonds is 5. The highest BCUT2D eigenvalue weighted by molar-refractivity contribution is 14.1. The summed E-state index contributed by atoms with van der Waals surface area (Å²) in [6, 6.07) is 3.88. The Morgan fingerprint density at radius 2 is 2.09 bits per heavy atom. The van der Waals surface area contributed by atoms with Gasteiger partial charge in [0.05, 0.1) is 36.3 Å². The number of halogens is 1. The Kier molecular flexibility index (Phi) is 6.31. The van der Waals surface area contributed by atoms with Crippen LogP contribution in [0, 0.1) is 9.49 Å². The molecule has 1 aromatic rings. The van der Waals surface area contributed by atoms with Crippen LogP contribution in [0.25, 0.3) is 0 Å². The molecule has 0 aromatic heterocycles. The van der Waals surface area contributed by atoms with Gasteiger partial charge in [0.15, 0.2) is 11.5 Å². The van der Waals surface area contributed by atoms with Gasteiger partial charge in [-0.25, -0.2) is 0 Å². The summed E-state index contributed by atoms with van der Waals surface area (Å²) in [4.78, 5) is 13.2. The minimum atomic E-state index is -0.0533. The monoisotopic (exact) mass is 420 g/mol. The van der Waals surface area contributed by atoms with Crippen molar-refractivity contribution >= 4 is 28.6 Å². The number of aromatic hydroxyl groups is 1. The van der Waals surface area contributed by atoms with Crippen molar-refractivity contribution in [3.05, 3.63) is 21.3 Å². The van der Waals surface area contributed by atoms with E-state index in [0.717, 1.165) is 41.6 Å². The summed E-state index contributed by atoms with van der Waals surface area (Å²) in [5.74, 6) is 0.714. The van der Waals surface area contributed by atoms with E-state index in [1.54, 1.807) is 7.11 Å². The topological polar surface area (TPSA) is 60.2 Å². The zero-order valence-electron chi connectivity index (χ0n) is 13.0. The highest BCUT2D eigenvalue weighted by Crippen LogP contribution is 2.32. The van der Waals surface area contributed by atoms with Crippen LogP contribution in [0.15, 0.2) is 12.1 Å². The van der Waals surface area contributed by atoms with Gasteiger partial charge >= 0.3 is 5.97 Å². The minimum absolute atomic E-state index is 0.0533. The van der Waals surface area contributed by atoms with Gasteiger partial charge in [-0.2, -0.15) is 0 Å². The smallest absolute Gasteiger partial charge is 0.309 e. The predicted octanol–water partition coefficient (Wildman–Crippen LogP) is 1.36.